The molecule has 5 heteroatoms. The van der Waals surface area contributed by atoms with Crippen molar-refractivity contribution in [2.45, 2.75) is 25.8 Å². The van der Waals surface area contributed by atoms with E-state index in [9.17, 15) is 0 Å². The van der Waals surface area contributed by atoms with Crippen LogP contribution in [0, 0.1) is 3.57 Å². The fourth-order valence-corrected chi connectivity index (χ4v) is 1.60. The van der Waals surface area contributed by atoms with Crippen LogP contribution in [-0.2, 0) is 0 Å². The van der Waals surface area contributed by atoms with Gasteiger partial charge < -0.3 is 5.32 Å². The zero-order valence-electron chi connectivity index (χ0n) is 8.22. The maximum atomic E-state index is 5.90. The molecule has 3 nitrogen and oxygen atoms in total. The van der Waals surface area contributed by atoms with Crippen LogP contribution in [0.25, 0.3) is 0 Å². The summed E-state index contributed by atoms with van der Waals surface area (Å²) in [6.07, 6.45) is 4.27. The maximum Gasteiger partial charge on any atom is 0.143 e. The summed E-state index contributed by atoms with van der Waals surface area (Å²) < 4.78 is 1.01. The van der Waals surface area contributed by atoms with Gasteiger partial charge >= 0.3 is 0 Å². The molecule has 1 rings (SSSR count). The van der Waals surface area contributed by atoms with Crippen molar-refractivity contribution in [3.63, 3.8) is 0 Å². The van der Waals surface area contributed by atoms with E-state index in [2.05, 4.69) is 51.7 Å². The molecule has 1 aromatic rings. The molecule has 0 spiro atoms. The fraction of sp³-hybridized carbons (Fsp3) is 0.556. The highest BCUT2D eigenvalue weighted by atomic mass is 127. The summed E-state index contributed by atoms with van der Waals surface area (Å²) in [5.41, 5.74) is -0.101. The minimum Gasteiger partial charge on any atom is -0.363 e. The lowest BCUT2D eigenvalue weighted by Gasteiger charge is -2.27. The van der Waals surface area contributed by atoms with Crippen LogP contribution in [0.15, 0.2) is 12.5 Å². The first kappa shape index (κ1) is 12.0. The van der Waals surface area contributed by atoms with Crippen molar-refractivity contribution in [1.29, 1.82) is 0 Å². The molecule has 1 heterocycles. The zero-order valence-corrected chi connectivity index (χ0v) is 11.1. The third-order valence-electron chi connectivity index (χ3n) is 2.16. The van der Waals surface area contributed by atoms with Crippen molar-refractivity contribution in [1.82, 2.24) is 9.97 Å². The Morgan fingerprint density at radius 2 is 2.36 bits per heavy atom. The number of nitrogens with zero attached hydrogens (tertiary/aromatic N) is 2. The summed E-state index contributed by atoms with van der Waals surface area (Å²) in [6.45, 7) is 4.18. The fourth-order valence-electron chi connectivity index (χ4n) is 0.907. The van der Waals surface area contributed by atoms with Gasteiger partial charge in [-0.25, -0.2) is 9.97 Å². The molecule has 0 bridgehead atoms. The summed E-state index contributed by atoms with van der Waals surface area (Å²) in [5, 5.41) is 3.33. The van der Waals surface area contributed by atoms with Gasteiger partial charge in [0.1, 0.15) is 12.1 Å². The number of aromatic nitrogens is 2. The van der Waals surface area contributed by atoms with Gasteiger partial charge in [-0.1, -0.05) is 6.92 Å². The lowest BCUT2D eigenvalue weighted by Crippen LogP contribution is -2.36. The van der Waals surface area contributed by atoms with Gasteiger partial charge in [-0.3, -0.25) is 0 Å². The smallest absolute Gasteiger partial charge is 0.143 e. The predicted molar refractivity (Wildman–Crippen MR) is 67.8 cm³/mol. The molecule has 0 aliphatic carbocycles. The van der Waals surface area contributed by atoms with Crippen LogP contribution < -0.4 is 5.32 Å². The molecule has 0 saturated carbocycles. The van der Waals surface area contributed by atoms with E-state index in [4.69, 9.17) is 11.6 Å². The first-order valence-electron chi connectivity index (χ1n) is 4.41. The molecule has 0 aliphatic rings. The number of anilines is 1. The van der Waals surface area contributed by atoms with Crippen molar-refractivity contribution in [3.8, 4) is 0 Å². The first-order valence-corrected chi connectivity index (χ1v) is 6.02. The van der Waals surface area contributed by atoms with Crippen LogP contribution in [0.4, 0.5) is 5.82 Å². The summed E-state index contributed by atoms with van der Waals surface area (Å²) in [6, 6.07) is 0. The van der Waals surface area contributed by atoms with Crippen molar-refractivity contribution in [3.05, 3.63) is 16.1 Å². The molecule has 14 heavy (non-hydrogen) atoms. The summed E-state index contributed by atoms with van der Waals surface area (Å²) in [4.78, 5) is 8.11. The summed E-state index contributed by atoms with van der Waals surface area (Å²) >= 11 is 8.11. The molecular weight excluding hydrogens is 312 g/mol. The number of nitrogens with one attached hydrogen (secondary N) is 1. The zero-order chi connectivity index (χ0) is 10.6. The number of halogens is 2. The SMILES string of the molecule is CCC(C)(CCl)Nc1ncncc1I. The standard InChI is InChI=1S/C9H13ClIN3/c1-3-9(2,5-10)14-8-7(11)4-12-6-13-8/h4,6H,3,5H2,1-2H3,(H,12,13,14). The maximum absolute atomic E-state index is 5.90. The second-order valence-electron chi connectivity index (χ2n) is 3.39. The highest BCUT2D eigenvalue weighted by molar-refractivity contribution is 14.1. The van der Waals surface area contributed by atoms with Crippen LogP contribution in [-0.4, -0.2) is 21.4 Å². The van der Waals surface area contributed by atoms with Crippen LogP contribution in [0.1, 0.15) is 20.3 Å². The molecule has 1 atom stereocenters. The van der Waals surface area contributed by atoms with Gasteiger partial charge in [0.05, 0.1) is 3.57 Å². The lowest BCUT2D eigenvalue weighted by molar-refractivity contribution is 0.550. The topological polar surface area (TPSA) is 37.8 Å². The third-order valence-corrected chi connectivity index (χ3v) is 3.54. The Morgan fingerprint density at radius 3 is 2.86 bits per heavy atom. The van der Waals surface area contributed by atoms with Gasteiger partial charge in [-0.05, 0) is 35.9 Å². The van der Waals surface area contributed by atoms with Crippen molar-refractivity contribution in [2.75, 3.05) is 11.2 Å². The predicted octanol–water partition coefficient (Wildman–Crippen LogP) is 2.90. The van der Waals surface area contributed by atoms with E-state index in [0.29, 0.717) is 5.88 Å². The van der Waals surface area contributed by atoms with Gasteiger partial charge in [-0.2, -0.15) is 0 Å². The largest absolute Gasteiger partial charge is 0.363 e. The Labute approximate surface area is 103 Å². The third kappa shape index (κ3) is 2.95. The molecule has 0 radical (unpaired) electrons. The van der Waals surface area contributed by atoms with Crippen molar-refractivity contribution in [2.24, 2.45) is 0 Å². The Morgan fingerprint density at radius 1 is 1.64 bits per heavy atom. The van der Waals surface area contributed by atoms with E-state index in [1.54, 1.807) is 6.20 Å². The van der Waals surface area contributed by atoms with E-state index in [1.165, 1.54) is 6.33 Å². The lowest BCUT2D eigenvalue weighted by atomic mass is 10.0. The molecule has 1 N–H and O–H groups in total. The Bertz CT molecular complexity index is 302. The molecule has 0 amide bonds. The molecule has 78 valence electrons. The quantitative estimate of drug-likeness (QED) is 0.683. The summed E-state index contributed by atoms with van der Waals surface area (Å²) in [7, 11) is 0. The molecule has 1 aromatic heterocycles. The number of alkyl halides is 1. The molecule has 0 saturated heterocycles. The van der Waals surface area contributed by atoms with E-state index in [0.717, 1.165) is 15.8 Å². The normalized spacial score (nSPS) is 14.9. The minimum absolute atomic E-state index is 0.101. The first-order chi connectivity index (χ1) is 6.61. The molecule has 0 fully saturated rings. The number of rotatable bonds is 4. The average molecular weight is 326 g/mol. The monoisotopic (exact) mass is 325 g/mol. The Kier molecular flexibility index (Phi) is 4.37. The van der Waals surface area contributed by atoms with Gasteiger partial charge in [0.2, 0.25) is 0 Å². The van der Waals surface area contributed by atoms with E-state index < -0.39 is 0 Å². The van der Waals surface area contributed by atoms with Gasteiger partial charge in [0.25, 0.3) is 0 Å². The number of hydrogen-bond acceptors (Lipinski definition) is 3. The molecular formula is C9H13ClIN3. The molecule has 1 unspecified atom stereocenters. The second-order valence-corrected chi connectivity index (χ2v) is 4.82. The highest BCUT2D eigenvalue weighted by Gasteiger charge is 2.21. The molecule has 0 aromatic carbocycles. The van der Waals surface area contributed by atoms with Gasteiger partial charge in [0.15, 0.2) is 0 Å². The highest BCUT2D eigenvalue weighted by Crippen LogP contribution is 2.21. The Hall–Kier alpha value is -0.100. The van der Waals surface area contributed by atoms with Crippen LogP contribution in [0.5, 0.6) is 0 Å². The van der Waals surface area contributed by atoms with Gasteiger partial charge in [-0.15, -0.1) is 11.6 Å². The average Bonchev–Trinajstić information content (AvgIpc) is 2.21. The van der Waals surface area contributed by atoms with Crippen LogP contribution in [0.2, 0.25) is 0 Å². The second kappa shape index (κ2) is 5.11. The number of hydrogen-bond donors (Lipinski definition) is 1. The van der Waals surface area contributed by atoms with E-state index in [1.807, 2.05) is 0 Å². The van der Waals surface area contributed by atoms with Crippen molar-refractivity contribution >= 4 is 40.0 Å². The van der Waals surface area contributed by atoms with Crippen LogP contribution >= 0.6 is 34.2 Å². The van der Waals surface area contributed by atoms with E-state index in [-0.39, 0.29) is 5.54 Å². The van der Waals surface area contributed by atoms with Crippen molar-refractivity contribution < 1.29 is 0 Å². The van der Waals surface area contributed by atoms with Gasteiger partial charge in [0, 0.05) is 17.6 Å². The summed E-state index contributed by atoms with van der Waals surface area (Å²) in [5.74, 6) is 1.41. The Balaban J connectivity index is 2.82. The van der Waals surface area contributed by atoms with Crippen LogP contribution in [0.3, 0.4) is 0 Å². The molecule has 0 aliphatic heterocycles. The minimum atomic E-state index is -0.101. The van der Waals surface area contributed by atoms with E-state index >= 15 is 0 Å².